The highest BCUT2D eigenvalue weighted by Crippen LogP contribution is 2.28. The van der Waals surface area contributed by atoms with E-state index in [1.807, 2.05) is 59.1 Å². The van der Waals surface area contributed by atoms with Crippen molar-refractivity contribution in [1.82, 2.24) is 19.6 Å². The molecule has 0 aliphatic rings. The Kier molecular flexibility index (Phi) is 3.09. The van der Waals surface area contributed by atoms with Gasteiger partial charge in [-0.2, -0.15) is 0 Å². The van der Waals surface area contributed by atoms with Crippen molar-refractivity contribution in [2.24, 2.45) is 0 Å². The van der Waals surface area contributed by atoms with Crippen molar-refractivity contribution >= 4 is 17.2 Å². The van der Waals surface area contributed by atoms with E-state index in [2.05, 4.69) is 15.2 Å². The molecule has 0 amide bonds. The predicted molar refractivity (Wildman–Crippen MR) is 86.7 cm³/mol. The van der Waals surface area contributed by atoms with Crippen LogP contribution in [-0.4, -0.2) is 19.6 Å². The topological polar surface area (TPSA) is 43.1 Å². The largest absolute Gasteiger partial charge is 0.282 e. The molecule has 4 rings (SSSR count). The Morgan fingerprint density at radius 1 is 0.864 bits per heavy atom. The molecule has 5 heteroatoms. The molecule has 0 aliphatic carbocycles. The van der Waals surface area contributed by atoms with Gasteiger partial charge in [0.2, 0.25) is 0 Å². The van der Waals surface area contributed by atoms with Crippen molar-refractivity contribution in [2.75, 3.05) is 0 Å². The Hall–Kier alpha value is -2.72. The summed E-state index contributed by atoms with van der Waals surface area (Å²) in [6.07, 6.45) is 5.51. The second-order valence-electron chi connectivity index (χ2n) is 4.89. The van der Waals surface area contributed by atoms with Crippen molar-refractivity contribution < 1.29 is 0 Å². The maximum absolute atomic E-state index is 6.29. The van der Waals surface area contributed by atoms with Crippen LogP contribution in [0, 0.1) is 0 Å². The molecule has 0 fully saturated rings. The van der Waals surface area contributed by atoms with Crippen molar-refractivity contribution in [1.29, 1.82) is 0 Å². The van der Waals surface area contributed by atoms with Gasteiger partial charge in [-0.25, -0.2) is 0 Å². The first-order chi connectivity index (χ1) is 10.8. The van der Waals surface area contributed by atoms with Gasteiger partial charge in [0.25, 0.3) is 0 Å². The molecule has 4 nitrogen and oxygen atoms in total. The summed E-state index contributed by atoms with van der Waals surface area (Å²) in [7, 11) is 0. The third kappa shape index (κ3) is 2.14. The summed E-state index contributed by atoms with van der Waals surface area (Å²) in [6.45, 7) is 0. The summed E-state index contributed by atoms with van der Waals surface area (Å²) in [5.74, 6) is 0.761. The predicted octanol–water partition coefficient (Wildman–Crippen LogP) is 4.11. The van der Waals surface area contributed by atoms with Crippen LogP contribution in [0.3, 0.4) is 0 Å². The van der Waals surface area contributed by atoms with Gasteiger partial charge in [0.1, 0.15) is 0 Å². The van der Waals surface area contributed by atoms with E-state index in [-0.39, 0.29) is 0 Å². The molecule has 0 saturated heterocycles. The van der Waals surface area contributed by atoms with Crippen LogP contribution in [0.2, 0.25) is 5.02 Å². The average molecular weight is 307 g/mol. The molecule has 106 valence electrons. The summed E-state index contributed by atoms with van der Waals surface area (Å²) >= 11 is 6.29. The van der Waals surface area contributed by atoms with Gasteiger partial charge in [-0.05, 0) is 30.3 Å². The van der Waals surface area contributed by atoms with Gasteiger partial charge in [0, 0.05) is 40.3 Å². The van der Waals surface area contributed by atoms with Crippen molar-refractivity contribution in [2.45, 2.75) is 0 Å². The molecule has 0 saturated carbocycles. The molecule has 4 aromatic rings. The molecule has 0 spiro atoms. The van der Waals surface area contributed by atoms with Gasteiger partial charge < -0.3 is 0 Å². The van der Waals surface area contributed by atoms with E-state index in [0.717, 1.165) is 33.2 Å². The van der Waals surface area contributed by atoms with Crippen molar-refractivity contribution in [3.8, 4) is 22.5 Å². The van der Waals surface area contributed by atoms with Crippen LogP contribution in [0.25, 0.3) is 28.2 Å². The summed E-state index contributed by atoms with van der Waals surface area (Å²) in [4.78, 5) is 4.14. The van der Waals surface area contributed by atoms with Crippen LogP contribution in [0.5, 0.6) is 0 Å². The first kappa shape index (κ1) is 13.0. The fraction of sp³-hybridized carbons (Fsp3) is 0. The van der Waals surface area contributed by atoms with Gasteiger partial charge in [-0.1, -0.05) is 29.8 Å². The van der Waals surface area contributed by atoms with Crippen LogP contribution >= 0.6 is 11.6 Å². The maximum Gasteiger partial charge on any atom is 0.169 e. The van der Waals surface area contributed by atoms with Gasteiger partial charge in [0.15, 0.2) is 11.5 Å². The van der Waals surface area contributed by atoms with Gasteiger partial charge in [-0.15, -0.1) is 10.2 Å². The number of pyridine rings is 2. The normalized spacial score (nSPS) is 11.0. The Labute approximate surface area is 132 Å². The average Bonchev–Trinajstić information content (AvgIpc) is 2.99. The second-order valence-corrected chi connectivity index (χ2v) is 5.30. The van der Waals surface area contributed by atoms with E-state index in [4.69, 9.17) is 11.6 Å². The minimum absolute atomic E-state index is 0.720. The Morgan fingerprint density at radius 3 is 2.59 bits per heavy atom. The summed E-state index contributed by atoms with van der Waals surface area (Å²) in [5, 5.41) is 9.19. The Bertz CT molecular complexity index is 947. The maximum atomic E-state index is 6.29. The quantitative estimate of drug-likeness (QED) is 0.559. The van der Waals surface area contributed by atoms with Crippen LogP contribution < -0.4 is 0 Å². The minimum Gasteiger partial charge on any atom is -0.282 e. The molecule has 0 radical (unpaired) electrons. The monoisotopic (exact) mass is 306 g/mol. The lowest BCUT2D eigenvalue weighted by Gasteiger charge is -2.06. The summed E-state index contributed by atoms with van der Waals surface area (Å²) in [6, 6.07) is 15.6. The fourth-order valence-corrected chi connectivity index (χ4v) is 2.68. The Balaban J connectivity index is 1.92. The number of hydrogen-bond acceptors (Lipinski definition) is 3. The van der Waals surface area contributed by atoms with E-state index in [1.54, 1.807) is 12.4 Å². The highest BCUT2D eigenvalue weighted by Gasteiger charge is 2.10. The molecule has 0 aliphatic heterocycles. The molecule has 3 aromatic heterocycles. The fourth-order valence-electron chi connectivity index (χ4n) is 2.44. The highest BCUT2D eigenvalue weighted by molar-refractivity contribution is 6.33. The zero-order valence-corrected chi connectivity index (χ0v) is 12.3. The number of rotatable bonds is 2. The van der Waals surface area contributed by atoms with Crippen LogP contribution in [0.15, 0.2) is 67.1 Å². The van der Waals surface area contributed by atoms with E-state index >= 15 is 0 Å². The minimum atomic E-state index is 0.720. The number of benzene rings is 1. The van der Waals surface area contributed by atoms with Crippen molar-refractivity contribution in [3.63, 3.8) is 0 Å². The lowest BCUT2D eigenvalue weighted by molar-refractivity contribution is 1.11. The molecule has 22 heavy (non-hydrogen) atoms. The van der Waals surface area contributed by atoms with Crippen molar-refractivity contribution in [3.05, 3.63) is 72.1 Å². The lowest BCUT2D eigenvalue weighted by atomic mass is 10.1. The smallest absolute Gasteiger partial charge is 0.169 e. The summed E-state index contributed by atoms with van der Waals surface area (Å²) < 4.78 is 1.95. The number of aromatic nitrogens is 4. The molecule has 3 heterocycles. The van der Waals surface area contributed by atoms with E-state index < -0.39 is 0 Å². The molecule has 0 unspecified atom stereocenters. The number of halogens is 1. The van der Waals surface area contributed by atoms with E-state index in [9.17, 15) is 0 Å². The van der Waals surface area contributed by atoms with E-state index in [0.29, 0.717) is 0 Å². The molecule has 0 atom stereocenters. The van der Waals surface area contributed by atoms with Gasteiger partial charge in [-0.3, -0.25) is 9.38 Å². The van der Waals surface area contributed by atoms with Crippen LogP contribution in [0.1, 0.15) is 0 Å². The standard InChI is InChI=1S/C17H11ClN4/c18-15-6-2-1-5-14(15)13-7-8-16-20-21-17(22(16)11-13)12-4-3-9-19-10-12/h1-11H. The zero-order chi connectivity index (χ0) is 14.9. The first-order valence-corrected chi connectivity index (χ1v) is 7.21. The third-order valence-corrected chi connectivity index (χ3v) is 3.84. The van der Waals surface area contributed by atoms with Crippen LogP contribution in [-0.2, 0) is 0 Å². The SMILES string of the molecule is Clc1ccccc1-c1ccc2nnc(-c3cccnc3)n2c1. The summed E-state index contributed by atoms with van der Waals surface area (Å²) in [5.41, 5.74) is 3.71. The number of nitrogens with zero attached hydrogens (tertiary/aromatic N) is 4. The molecular weight excluding hydrogens is 296 g/mol. The number of fused-ring (bicyclic) bond motifs is 1. The highest BCUT2D eigenvalue weighted by atomic mass is 35.5. The number of hydrogen-bond donors (Lipinski definition) is 0. The molecule has 0 N–H and O–H groups in total. The Morgan fingerprint density at radius 2 is 1.77 bits per heavy atom. The van der Waals surface area contributed by atoms with Gasteiger partial charge in [0.05, 0.1) is 0 Å². The molecule has 1 aromatic carbocycles. The first-order valence-electron chi connectivity index (χ1n) is 6.83. The zero-order valence-electron chi connectivity index (χ0n) is 11.5. The third-order valence-electron chi connectivity index (χ3n) is 3.51. The van der Waals surface area contributed by atoms with E-state index in [1.165, 1.54) is 0 Å². The second kappa shape index (κ2) is 5.24. The van der Waals surface area contributed by atoms with Gasteiger partial charge >= 0.3 is 0 Å². The van der Waals surface area contributed by atoms with Crippen LogP contribution in [0.4, 0.5) is 0 Å². The molecule has 0 bridgehead atoms. The molecular formula is C17H11ClN4. The lowest BCUT2D eigenvalue weighted by Crippen LogP contribution is -1.91.